The molecule has 2 unspecified atom stereocenters. The Hall–Kier alpha value is -2.83. The molecule has 1 aliphatic rings. The smallest absolute Gasteiger partial charge is 0.410 e. The number of rotatable bonds is 6. The molecule has 0 N–H and O–H groups in total. The van der Waals surface area contributed by atoms with Crippen LogP contribution in [0.4, 0.5) is 9.18 Å². The predicted molar refractivity (Wildman–Crippen MR) is 116 cm³/mol. The summed E-state index contributed by atoms with van der Waals surface area (Å²) in [6.45, 7) is 9.38. The Labute approximate surface area is 183 Å². The second-order valence-corrected chi connectivity index (χ2v) is 8.68. The maximum absolute atomic E-state index is 13.4. The van der Waals surface area contributed by atoms with E-state index in [2.05, 4.69) is 4.98 Å². The van der Waals surface area contributed by atoms with Crippen molar-refractivity contribution in [2.24, 2.45) is 5.92 Å². The number of carbonyl (C=O) groups excluding carboxylic acids is 1. The molecule has 0 spiro atoms. The molecule has 31 heavy (non-hydrogen) atoms. The summed E-state index contributed by atoms with van der Waals surface area (Å²) >= 11 is 0. The Morgan fingerprint density at radius 1 is 1.19 bits per heavy atom. The van der Waals surface area contributed by atoms with E-state index < -0.39 is 5.60 Å². The van der Waals surface area contributed by atoms with Crippen LogP contribution in [0.15, 0.2) is 42.6 Å². The topological polar surface area (TPSA) is 60.9 Å². The molecule has 0 bridgehead atoms. The van der Waals surface area contributed by atoms with Crippen LogP contribution in [-0.2, 0) is 4.74 Å². The molecule has 6 nitrogen and oxygen atoms in total. The highest BCUT2D eigenvalue weighted by Gasteiger charge is 2.35. The summed E-state index contributed by atoms with van der Waals surface area (Å²) in [6, 6.07) is 10.2. The molecule has 0 aliphatic carbocycles. The lowest BCUT2D eigenvalue weighted by atomic mass is 9.81. The van der Waals surface area contributed by atoms with E-state index in [-0.39, 0.29) is 23.7 Å². The number of hydrogen-bond donors (Lipinski definition) is 0. The summed E-state index contributed by atoms with van der Waals surface area (Å²) in [5.41, 5.74) is 0.481. The third kappa shape index (κ3) is 6.32. The SMILES string of the molecule is CCOc1ncccc1OCC1CN(C(=O)OC(C)(C)C)CCC1c1ccc(F)cc1. The number of benzene rings is 1. The van der Waals surface area contributed by atoms with Gasteiger partial charge in [-0.05, 0) is 69.9 Å². The quantitative estimate of drug-likeness (QED) is 0.643. The van der Waals surface area contributed by atoms with Crippen LogP contribution in [0.25, 0.3) is 0 Å². The fraction of sp³-hybridized carbons (Fsp3) is 0.500. The number of halogens is 1. The molecule has 2 heterocycles. The van der Waals surface area contributed by atoms with Crippen molar-refractivity contribution in [2.75, 3.05) is 26.3 Å². The first kappa shape index (κ1) is 22.8. The van der Waals surface area contributed by atoms with Gasteiger partial charge in [-0.25, -0.2) is 14.2 Å². The molecule has 7 heteroatoms. The molecule has 0 saturated carbocycles. The van der Waals surface area contributed by atoms with E-state index in [0.717, 1.165) is 12.0 Å². The fourth-order valence-electron chi connectivity index (χ4n) is 3.77. The van der Waals surface area contributed by atoms with Gasteiger partial charge in [0.1, 0.15) is 11.4 Å². The van der Waals surface area contributed by atoms with Crippen molar-refractivity contribution in [3.05, 3.63) is 54.0 Å². The highest BCUT2D eigenvalue weighted by molar-refractivity contribution is 5.68. The van der Waals surface area contributed by atoms with E-state index in [9.17, 15) is 9.18 Å². The minimum atomic E-state index is -0.557. The molecule has 3 rings (SSSR count). The highest BCUT2D eigenvalue weighted by Crippen LogP contribution is 2.35. The summed E-state index contributed by atoms with van der Waals surface area (Å²) in [6.07, 6.45) is 2.07. The Balaban J connectivity index is 1.77. The predicted octanol–water partition coefficient (Wildman–Crippen LogP) is 5.04. The van der Waals surface area contributed by atoms with Crippen LogP contribution >= 0.6 is 0 Å². The molecule has 1 aromatic carbocycles. The molecule has 1 fully saturated rings. The van der Waals surface area contributed by atoms with Crippen LogP contribution in [0.3, 0.4) is 0 Å². The van der Waals surface area contributed by atoms with Crippen LogP contribution in [-0.4, -0.2) is 47.9 Å². The zero-order valence-corrected chi connectivity index (χ0v) is 18.6. The summed E-state index contributed by atoms with van der Waals surface area (Å²) in [5, 5.41) is 0. The van der Waals surface area contributed by atoms with Crippen LogP contribution < -0.4 is 9.47 Å². The number of piperidine rings is 1. The van der Waals surface area contributed by atoms with Crippen LogP contribution in [0.2, 0.25) is 0 Å². The lowest BCUT2D eigenvalue weighted by Gasteiger charge is -2.39. The van der Waals surface area contributed by atoms with E-state index in [1.165, 1.54) is 12.1 Å². The van der Waals surface area contributed by atoms with Gasteiger partial charge in [0, 0.05) is 25.2 Å². The zero-order chi connectivity index (χ0) is 22.4. The van der Waals surface area contributed by atoms with Gasteiger partial charge in [0.2, 0.25) is 0 Å². The maximum Gasteiger partial charge on any atom is 0.410 e. The molecular formula is C24H31FN2O4. The number of carbonyl (C=O) groups is 1. The maximum atomic E-state index is 13.4. The molecule has 1 aromatic heterocycles. The number of hydrogen-bond acceptors (Lipinski definition) is 5. The second-order valence-electron chi connectivity index (χ2n) is 8.68. The molecule has 168 valence electrons. The minimum Gasteiger partial charge on any atom is -0.488 e. The van der Waals surface area contributed by atoms with E-state index in [4.69, 9.17) is 14.2 Å². The third-order valence-electron chi connectivity index (χ3n) is 5.15. The molecule has 2 atom stereocenters. The molecule has 1 aliphatic heterocycles. The van der Waals surface area contributed by atoms with Gasteiger partial charge in [-0.3, -0.25) is 0 Å². The summed E-state index contributed by atoms with van der Waals surface area (Å²) < 4.78 is 30.7. The van der Waals surface area contributed by atoms with Crippen LogP contribution in [0.1, 0.15) is 45.6 Å². The second kappa shape index (κ2) is 9.98. The van der Waals surface area contributed by atoms with Gasteiger partial charge in [0.05, 0.1) is 13.2 Å². The molecule has 1 amide bonds. The third-order valence-corrected chi connectivity index (χ3v) is 5.15. The lowest BCUT2D eigenvalue weighted by Crippen LogP contribution is -2.46. The Bertz CT molecular complexity index is 867. The number of pyridine rings is 1. The van der Waals surface area contributed by atoms with Gasteiger partial charge in [0.25, 0.3) is 5.88 Å². The summed E-state index contributed by atoms with van der Waals surface area (Å²) in [5.74, 6) is 0.882. The van der Waals surface area contributed by atoms with Gasteiger partial charge in [-0.2, -0.15) is 0 Å². The molecular weight excluding hydrogens is 399 g/mol. The van der Waals surface area contributed by atoms with Gasteiger partial charge < -0.3 is 19.1 Å². The molecule has 2 aromatic rings. The summed E-state index contributed by atoms with van der Waals surface area (Å²) in [4.78, 5) is 18.6. The summed E-state index contributed by atoms with van der Waals surface area (Å²) in [7, 11) is 0. The first-order valence-electron chi connectivity index (χ1n) is 10.7. The minimum absolute atomic E-state index is 0.00131. The van der Waals surface area contributed by atoms with Crippen molar-refractivity contribution < 1.29 is 23.4 Å². The zero-order valence-electron chi connectivity index (χ0n) is 18.6. The molecule has 1 saturated heterocycles. The average molecular weight is 431 g/mol. The van der Waals surface area contributed by atoms with Crippen molar-refractivity contribution in [2.45, 2.75) is 45.6 Å². The Kier molecular flexibility index (Phi) is 7.36. The Morgan fingerprint density at radius 3 is 2.61 bits per heavy atom. The number of aromatic nitrogens is 1. The van der Waals surface area contributed by atoms with Crippen molar-refractivity contribution in [3.8, 4) is 11.6 Å². The van der Waals surface area contributed by atoms with Gasteiger partial charge in [-0.15, -0.1) is 0 Å². The van der Waals surface area contributed by atoms with Crippen LogP contribution in [0, 0.1) is 11.7 Å². The van der Waals surface area contributed by atoms with Crippen LogP contribution in [0.5, 0.6) is 11.6 Å². The van der Waals surface area contributed by atoms with Crippen molar-refractivity contribution >= 4 is 6.09 Å². The molecule has 0 radical (unpaired) electrons. The van der Waals surface area contributed by atoms with Gasteiger partial charge >= 0.3 is 6.09 Å². The van der Waals surface area contributed by atoms with Gasteiger partial charge in [-0.1, -0.05) is 12.1 Å². The number of amides is 1. The number of likely N-dealkylation sites (tertiary alicyclic amines) is 1. The Morgan fingerprint density at radius 2 is 1.94 bits per heavy atom. The largest absolute Gasteiger partial charge is 0.488 e. The van der Waals surface area contributed by atoms with Crippen molar-refractivity contribution in [1.82, 2.24) is 9.88 Å². The number of ether oxygens (including phenoxy) is 3. The van der Waals surface area contributed by atoms with E-state index >= 15 is 0 Å². The fourth-order valence-corrected chi connectivity index (χ4v) is 3.77. The normalized spacial score (nSPS) is 19.1. The standard InChI is InChI=1S/C24H31FN2O4/c1-5-29-22-21(7-6-13-26-22)30-16-18-15-27(23(28)31-24(2,3)4)14-12-20(18)17-8-10-19(25)11-9-17/h6-11,13,18,20H,5,12,14-16H2,1-4H3. The monoisotopic (exact) mass is 430 g/mol. The number of nitrogens with zero attached hydrogens (tertiary/aromatic N) is 2. The van der Waals surface area contributed by atoms with Crippen molar-refractivity contribution in [1.29, 1.82) is 0 Å². The van der Waals surface area contributed by atoms with Gasteiger partial charge in [0.15, 0.2) is 5.75 Å². The van der Waals surface area contributed by atoms with E-state index in [1.807, 2.05) is 45.9 Å². The van der Waals surface area contributed by atoms with E-state index in [1.54, 1.807) is 17.2 Å². The highest BCUT2D eigenvalue weighted by atomic mass is 19.1. The lowest BCUT2D eigenvalue weighted by molar-refractivity contribution is 0.0110. The average Bonchev–Trinajstić information content (AvgIpc) is 2.72. The first-order chi connectivity index (χ1) is 14.8. The first-order valence-corrected chi connectivity index (χ1v) is 10.7. The van der Waals surface area contributed by atoms with E-state index in [0.29, 0.717) is 37.9 Å². The van der Waals surface area contributed by atoms with Crippen molar-refractivity contribution in [3.63, 3.8) is 0 Å².